The van der Waals surface area contributed by atoms with E-state index in [2.05, 4.69) is 0 Å². The van der Waals surface area contributed by atoms with Crippen LogP contribution in [0.15, 0.2) is 36.4 Å². The number of ether oxygens (including phenoxy) is 1. The molecule has 0 fully saturated rings. The van der Waals surface area contributed by atoms with Crippen molar-refractivity contribution in [2.45, 2.75) is 13.0 Å². The molecule has 2 aromatic carbocycles. The predicted molar refractivity (Wildman–Crippen MR) is 107 cm³/mol. The molecule has 1 heterocycles. The van der Waals surface area contributed by atoms with Gasteiger partial charge in [0.15, 0.2) is 6.10 Å². The molecule has 0 saturated heterocycles. The van der Waals surface area contributed by atoms with E-state index in [0.717, 1.165) is 4.90 Å². The van der Waals surface area contributed by atoms with Crippen molar-refractivity contribution in [3.63, 3.8) is 0 Å². The Labute approximate surface area is 179 Å². The van der Waals surface area contributed by atoms with Crippen molar-refractivity contribution in [2.75, 3.05) is 4.90 Å². The van der Waals surface area contributed by atoms with Gasteiger partial charge in [-0.3, -0.25) is 19.7 Å². The number of esters is 1. The lowest BCUT2D eigenvalue weighted by Crippen LogP contribution is -2.42. The summed E-state index contributed by atoms with van der Waals surface area (Å²) in [5.74, 6) is -3.10. The second kappa shape index (κ2) is 8.13. The molecular formula is C19H13Cl2N3O6. The first-order chi connectivity index (χ1) is 14.1. The number of nitrogens with one attached hydrogen (secondary N) is 1. The van der Waals surface area contributed by atoms with Crippen LogP contribution in [0.25, 0.3) is 0 Å². The Morgan fingerprint density at radius 1 is 1.00 bits per heavy atom. The zero-order valence-corrected chi connectivity index (χ0v) is 16.8. The van der Waals surface area contributed by atoms with Crippen LogP contribution in [-0.4, -0.2) is 35.8 Å². The number of urea groups is 1. The molecule has 1 atom stereocenters. The summed E-state index contributed by atoms with van der Waals surface area (Å²) in [6.07, 6.45) is -1.32. The Hall–Kier alpha value is -3.43. The fraction of sp³-hybridized carbons (Fsp3) is 0.105. The summed E-state index contributed by atoms with van der Waals surface area (Å²) in [7, 11) is 0. The first kappa shape index (κ1) is 21.3. The fourth-order valence-electron chi connectivity index (χ4n) is 2.73. The van der Waals surface area contributed by atoms with Crippen LogP contribution in [0.4, 0.5) is 10.5 Å². The number of rotatable bonds is 4. The van der Waals surface area contributed by atoms with Crippen molar-refractivity contribution in [3.05, 3.63) is 63.1 Å². The topological polar surface area (TPSA) is 136 Å². The van der Waals surface area contributed by atoms with Crippen molar-refractivity contribution in [2.24, 2.45) is 5.73 Å². The number of fused-ring (bicyclic) bond motifs is 1. The smallest absolute Gasteiger partial charge is 0.338 e. The number of carbonyl (C=O) groups is 5. The zero-order valence-electron chi connectivity index (χ0n) is 15.3. The van der Waals surface area contributed by atoms with Gasteiger partial charge in [0.1, 0.15) is 0 Å². The van der Waals surface area contributed by atoms with E-state index >= 15 is 0 Å². The molecule has 3 N–H and O–H groups in total. The van der Waals surface area contributed by atoms with Crippen LogP contribution < -0.4 is 16.0 Å². The van der Waals surface area contributed by atoms with Crippen molar-refractivity contribution >= 4 is 58.6 Å². The molecule has 0 saturated carbocycles. The minimum absolute atomic E-state index is 0.0187. The number of amides is 5. The monoisotopic (exact) mass is 449 g/mol. The molecule has 0 bridgehead atoms. The van der Waals surface area contributed by atoms with E-state index in [1.807, 2.05) is 0 Å². The summed E-state index contributed by atoms with van der Waals surface area (Å²) >= 11 is 11.8. The summed E-state index contributed by atoms with van der Waals surface area (Å²) in [5.41, 5.74) is 5.06. The van der Waals surface area contributed by atoms with Crippen molar-refractivity contribution in [1.29, 1.82) is 0 Å². The van der Waals surface area contributed by atoms with Gasteiger partial charge in [0.2, 0.25) is 0 Å². The molecule has 0 aromatic heterocycles. The van der Waals surface area contributed by atoms with Gasteiger partial charge in [0.05, 0.1) is 32.4 Å². The number of primary amides is 1. The maximum absolute atomic E-state index is 12.8. The largest absolute Gasteiger partial charge is 0.449 e. The standard InChI is InChI=1S/C19H13Cl2N3O6/c1-8(15(25)23-19(22)29)30-18(28)9-2-4-11-12(6-9)17(27)24(16(11)26)10-3-5-13(20)14(21)7-10/h2-8H,1H3,(H3,22,23,25,29). The summed E-state index contributed by atoms with van der Waals surface area (Å²) in [4.78, 5) is 61.0. The first-order valence-corrected chi connectivity index (χ1v) is 9.15. The molecule has 2 aromatic rings. The molecule has 9 nitrogen and oxygen atoms in total. The number of carbonyl (C=O) groups excluding carboxylic acids is 5. The fourth-order valence-corrected chi connectivity index (χ4v) is 3.02. The molecule has 0 radical (unpaired) electrons. The SMILES string of the molecule is CC(OC(=O)c1ccc2c(c1)C(=O)N(c1ccc(Cl)c(Cl)c1)C2=O)C(=O)NC(N)=O. The van der Waals surface area contributed by atoms with Crippen LogP contribution in [0, 0.1) is 0 Å². The van der Waals surface area contributed by atoms with Crippen LogP contribution in [0.3, 0.4) is 0 Å². The van der Waals surface area contributed by atoms with E-state index < -0.39 is 35.8 Å². The Morgan fingerprint density at radius 2 is 1.67 bits per heavy atom. The van der Waals surface area contributed by atoms with Crippen LogP contribution in [0.2, 0.25) is 10.0 Å². The number of nitrogens with two attached hydrogens (primary N) is 1. The van der Waals surface area contributed by atoms with Crippen molar-refractivity contribution in [3.8, 4) is 0 Å². The number of halogens is 2. The molecule has 11 heteroatoms. The number of anilines is 1. The van der Waals surface area contributed by atoms with E-state index in [1.54, 1.807) is 5.32 Å². The number of hydrogen-bond donors (Lipinski definition) is 2. The van der Waals surface area contributed by atoms with E-state index in [1.165, 1.54) is 43.3 Å². The van der Waals surface area contributed by atoms with Crippen molar-refractivity contribution in [1.82, 2.24) is 5.32 Å². The highest BCUT2D eigenvalue weighted by Crippen LogP contribution is 2.33. The Bertz CT molecular complexity index is 1120. The molecule has 1 aliphatic heterocycles. The number of imide groups is 2. The summed E-state index contributed by atoms with van der Waals surface area (Å²) < 4.78 is 4.96. The number of nitrogens with zero attached hydrogens (tertiary/aromatic N) is 1. The van der Waals surface area contributed by atoms with E-state index in [0.29, 0.717) is 0 Å². The number of hydrogen-bond acceptors (Lipinski definition) is 6. The minimum Gasteiger partial charge on any atom is -0.449 e. The highest BCUT2D eigenvalue weighted by Gasteiger charge is 2.37. The summed E-state index contributed by atoms with van der Waals surface area (Å²) in [5, 5.41) is 2.21. The zero-order chi connectivity index (χ0) is 22.2. The highest BCUT2D eigenvalue weighted by molar-refractivity contribution is 6.42. The van der Waals surface area contributed by atoms with E-state index in [-0.39, 0.29) is 32.4 Å². The summed E-state index contributed by atoms with van der Waals surface area (Å²) in [6, 6.07) is 6.97. The molecule has 1 unspecified atom stereocenters. The lowest BCUT2D eigenvalue weighted by molar-refractivity contribution is -0.127. The predicted octanol–water partition coefficient (Wildman–Crippen LogP) is 2.53. The van der Waals surface area contributed by atoms with Gasteiger partial charge in [0.25, 0.3) is 17.7 Å². The molecule has 1 aliphatic rings. The molecule has 5 amide bonds. The van der Waals surface area contributed by atoms with Gasteiger partial charge < -0.3 is 10.5 Å². The Balaban J connectivity index is 1.84. The Morgan fingerprint density at radius 3 is 2.30 bits per heavy atom. The van der Waals surface area contributed by atoms with Gasteiger partial charge in [-0.1, -0.05) is 23.2 Å². The van der Waals surface area contributed by atoms with Gasteiger partial charge in [-0.05, 0) is 43.3 Å². The molecule has 0 aliphatic carbocycles. The van der Waals surface area contributed by atoms with Gasteiger partial charge in [-0.25, -0.2) is 14.5 Å². The molecule has 30 heavy (non-hydrogen) atoms. The molecule has 154 valence electrons. The Kier molecular flexibility index (Phi) is 5.77. The second-order valence-corrected chi connectivity index (χ2v) is 7.02. The quantitative estimate of drug-likeness (QED) is 0.543. The lowest BCUT2D eigenvalue weighted by atomic mass is 10.1. The third-order valence-electron chi connectivity index (χ3n) is 4.18. The maximum atomic E-state index is 12.8. The van der Waals surface area contributed by atoms with E-state index in [9.17, 15) is 24.0 Å². The normalized spacial score (nSPS) is 13.6. The van der Waals surface area contributed by atoms with Gasteiger partial charge in [0, 0.05) is 0 Å². The third-order valence-corrected chi connectivity index (χ3v) is 4.92. The van der Waals surface area contributed by atoms with Crippen molar-refractivity contribution < 1.29 is 28.7 Å². The van der Waals surface area contributed by atoms with Crippen LogP contribution in [-0.2, 0) is 9.53 Å². The maximum Gasteiger partial charge on any atom is 0.338 e. The van der Waals surface area contributed by atoms with Gasteiger partial charge in [-0.15, -0.1) is 0 Å². The first-order valence-electron chi connectivity index (χ1n) is 8.39. The highest BCUT2D eigenvalue weighted by atomic mass is 35.5. The van der Waals surface area contributed by atoms with Gasteiger partial charge in [-0.2, -0.15) is 0 Å². The van der Waals surface area contributed by atoms with Crippen LogP contribution in [0.5, 0.6) is 0 Å². The molecular weight excluding hydrogens is 437 g/mol. The number of benzene rings is 2. The summed E-state index contributed by atoms with van der Waals surface area (Å²) in [6.45, 7) is 1.24. The average Bonchev–Trinajstić information content (AvgIpc) is 2.93. The minimum atomic E-state index is -1.32. The second-order valence-electron chi connectivity index (χ2n) is 6.21. The molecule has 3 rings (SSSR count). The van der Waals surface area contributed by atoms with Gasteiger partial charge >= 0.3 is 12.0 Å². The van der Waals surface area contributed by atoms with Crippen LogP contribution in [0.1, 0.15) is 38.0 Å². The average molecular weight is 450 g/mol. The van der Waals surface area contributed by atoms with E-state index in [4.69, 9.17) is 33.7 Å². The third kappa shape index (κ3) is 3.98. The molecule has 0 spiro atoms. The van der Waals surface area contributed by atoms with Crippen LogP contribution >= 0.6 is 23.2 Å². The lowest BCUT2D eigenvalue weighted by Gasteiger charge is -2.14.